The highest BCUT2D eigenvalue weighted by molar-refractivity contribution is 6.30. The summed E-state index contributed by atoms with van der Waals surface area (Å²) in [6.07, 6.45) is 0.856. The number of benzene rings is 1. The average molecular weight is 354 g/mol. The molecule has 0 unspecified atom stereocenters. The third-order valence-electron chi connectivity index (χ3n) is 3.93. The summed E-state index contributed by atoms with van der Waals surface area (Å²) < 4.78 is 10.3. The van der Waals surface area contributed by atoms with Crippen LogP contribution in [0, 0.1) is 5.92 Å². The normalized spacial score (nSPS) is 20.8. The van der Waals surface area contributed by atoms with Gasteiger partial charge in [0.1, 0.15) is 11.6 Å². The second-order valence-corrected chi connectivity index (χ2v) is 7.54. The lowest BCUT2D eigenvalue weighted by Gasteiger charge is -2.27. The molecule has 6 heteroatoms. The van der Waals surface area contributed by atoms with Gasteiger partial charge in [-0.25, -0.2) is 9.59 Å². The van der Waals surface area contributed by atoms with Crippen molar-refractivity contribution in [1.82, 2.24) is 4.90 Å². The van der Waals surface area contributed by atoms with Gasteiger partial charge in [0.15, 0.2) is 0 Å². The summed E-state index contributed by atoms with van der Waals surface area (Å²) in [5, 5.41) is 0.688. The number of hydrogen-bond donors (Lipinski definition) is 0. The first-order valence-electron chi connectivity index (χ1n) is 8.01. The van der Waals surface area contributed by atoms with Gasteiger partial charge in [0.05, 0.1) is 7.11 Å². The molecule has 1 aromatic rings. The Hall–Kier alpha value is -1.75. The minimum atomic E-state index is -0.605. The van der Waals surface area contributed by atoms with Crippen molar-refractivity contribution < 1.29 is 19.1 Å². The molecule has 0 aliphatic carbocycles. The summed E-state index contributed by atoms with van der Waals surface area (Å²) in [6.45, 7) is 5.88. The van der Waals surface area contributed by atoms with Gasteiger partial charge in [0.2, 0.25) is 0 Å². The molecule has 1 aliphatic heterocycles. The lowest BCUT2D eigenvalue weighted by molar-refractivity contribution is -0.145. The first kappa shape index (κ1) is 18.6. The van der Waals surface area contributed by atoms with Crippen LogP contribution in [0.25, 0.3) is 0 Å². The SMILES string of the molecule is COC(=O)[C@H]1C[C@@H](Cc2ccc(Cl)cc2)CN1C(=O)OC(C)(C)C. The standard InChI is InChI=1S/C18H24ClNO4/c1-18(2,3)24-17(22)20-11-13(10-15(20)16(21)23-4)9-12-5-7-14(19)8-6-12/h5-8,13,15H,9-11H2,1-4H3/t13-,15-/m1/s1. The number of likely N-dealkylation sites (tertiary alicyclic amines) is 1. The Kier molecular flexibility index (Phi) is 5.75. The molecule has 0 bridgehead atoms. The summed E-state index contributed by atoms with van der Waals surface area (Å²) >= 11 is 5.91. The van der Waals surface area contributed by atoms with E-state index in [1.807, 2.05) is 24.3 Å². The van der Waals surface area contributed by atoms with Crippen LogP contribution < -0.4 is 0 Å². The number of methoxy groups -OCH3 is 1. The minimum Gasteiger partial charge on any atom is -0.467 e. The van der Waals surface area contributed by atoms with Gasteiger partial charge in [-0.2, -0.15) is 0 Å². The number of carbonyl (C=O) groups is 2. The topological polar surface area (TPSA) is 55.8 Å². The van der Waals surface area contributed by atoms with Crippen LogP contribution in [-0.4, -0.2) is 42.3 Å². The van der Waals surface area contributed by atoms with Crippen LogP contribution in [-0.2, 0) is 20.7 Å². The quantitative estimate of drug-likeness (QED) is 0.778. The van der Waals surface area contributed by atoms with Gasteiger partial charge >= 0.3 is 12.1 Å². The summed E-state index contributed by atoms with van der Waals surface area (Å²) in [5.41, 5.74) is 0.519. The van der Waals surface area contributed by atoms with Gasteiger partial charge in [-0.1, -0.05) is 23.7 Å². The molecular weight excluding hydrogens is 330 g/mol. The first-order chi connectivity index (χ1) is 11.2. The van der Waals surface area contributed by atoms with Crippen molar-refractivity contribution in [3.05, 3.63) is 34.9 Å². The van der Waals surface area contributed by atoms with Crippen LogP contribution in [0.1, 0.15) is 32.8 Å². The molecule has 1 amide bonds. The molecule has 1 aliphatic rings. The van der Waals surface area contributed by atoms with E-state index in [2.05, 4.69) is 0 Å². The van der Waals surface area contributed by atoms with Gasteiger partial charge in [-0.15, -0.1) is 0 Å². The van der Waals surface area contributed by atoms with Crippen molar-refractivity contribution in [2.24, 2.45) is 5.92 Å². The van der Waals surface area contributed by atoms with Crippen molar-refractivity contribution in [3.63, 3.8) is 0 Å². The van der Waals surface area contributed by atoms with Crippen molar-refractivity contribution in [2.75, 3.05) is 13.7 Å². The fourth-order valence-corrected chi connectivity index (χ4v) is 3.03. The van der Waals surface area contributed by atoms with Crippen molar-refractivity contribution in [1.29, 1.82) is 0 Å². The Morgan fingerprint density at radius 2 is 1.88 bits per heavy atom. The van der Waals surface area contributed by atoms with Crippen LogP contribution in [0.2, 0.25) is 5.02 Å². The fourth-order valence-electron chi connectivity index (χ4n) is 2.91. The molecule has 2 rings (SSSR count). The van der Waals surface area contributed by atoms with E-state index in [1.54, 1.807) is 20.8 Å². The molecule has 132 valence electrons. The Bertz CT molecular complexity index is 594. The van der Waals surface area contributed by atoms with Gasteiger partial charge < -0.3 is 9.47 Å². The lowest BCUT2D eigenvalue weighted by atomic mass is 9.97. The third-order valence-corrected chi connectivity index (χ3v) is 4.18. The summed E-state index contributed by atoms with van der Waals surface area (Å²) in [4.78, 5) is 25.9. The summed E-state index contributed by atoms with van der Waals surface area (Å²) in [6, 6.07) is 7.02. The van der Waals surface area contributed by atoms with Crippen molar-refractivity contribution in [2.45, 2.75) is 45.3 Å². The van der Waals surface area contributed by atoms with E-state index < -0.39 is 23.7 Å². The van der Waals surface area contributed by atoms with Crippen molar-refractivity contribution >= 4 is 23.7 Å². The van der Waals surface area contributed by atoms with Crippen molar-refractivity contribution in [3.8, 4) is 0 Å². The largest absolute Gasteiger partial charge is 0.467 e. The highest BCUT2D eigenvalue weighted by atomic mass is 35.5. The van der Waals surface area contributed by atoms with Gasteiger partial charge in [0.25, 0.3) is 0 Å². The molecule has 0 saturated carbocycles. The molecule has 1 fully saturated rings. The number of halogens is 1. The smallest absolute Gasteiger partial charge is 0.411 e. The van der Waals surface area contributed by atoms with Gasteiger partial charge in [-0.3, -0.25) is 4.90 Å². The zero-order valence-corrected chi connectivity index (χ0v) is 15.3. The molecule has 0 spiro atoms. The minimum absolute atomic E-state index is 0.169. The van der Waals surface area contributed by atoms with Crippen LogP contribution in [0.15, 0.2) is 24.3 Å². The van der Waals surface area contributed by atoms with E-state index in [-0.39, 0.29) is 5.92 Å². The number of nitrogens with zero attached hydrogens (tertiary/aromatic N) is 1. The van der Waals surface area contributed by atoms with Gasteiger partial charge in [-0.05, 0) is 57.2 Å². The number of rotatable bonds is 3. The van der Waals surface area contributed by atoms with E-state index in [0.29, 0.717) is 18.0 Å². The van der Waals surface area contributed by atoms with E-state index >= 15 is 0 Å². The molecule has 0 aromatic heterocycles. The summed E-state index contributed by atoms with van der Waals surface area (Å²) in [7, 11) is 1.34. The Labute approximate surface area is 147 Å². The number of amides is 1. The zero-order chi connectivity index (χ0) is 17.9. The number of esters is 1. The zero-order valence-electron chi connectivity index (χ0n) is 14.5. The van der Waals surface area contributed by atoms with Crippen LogP contribution in [0.3, 0.4) is 0 Å². The van der Waals surface area contributed by atoms with E-state index in [9.17, 15) is 9.59 Å². The van der Waals surface area contributed by atoms with E-state index in [4.69, 9.17) is 21.1 Å². The maximum atomic E-state index is 12.4. The van der Waals surface area contributed by atoms with Crippen LogP contribution >= 0.6 is 11.6 Å². The molecule has 2 atom stereocenters. The number of carbonyl (C=O) groups excluding carboxylic acids is 2. The molecule has 1 heterocycles. The average Bonchev–Trinajstić information content (AvgIpc) is 2.91. The monoisotopic (exact) mass is 353 g/mol. The van der Waals surface area contributed by atoms with Crippen LogP contribution in [0.5, 0.6) is 0 Å². The Balaban J connectivity index is 2.09. The maximum absolute atomic E-state index is 12.4. The highest BCUT2D eigenvalue weighted by Crippen LogP contribution is 2.29. The molecule has 0 radical (unpaired) electrons. The predicted molar refractivity (Wildman–Crippen MR) is 92.0 cm³/mol. The maximum Gasteiger partial charge on any atom is 0.411 e. The molecule has 0 N–H and O–H groups in total. The molecule has 5 nitrogen and oxygen atoms in total. The summed E-state index contributed by atoms with van der Waals surface area (Å²) in [5.74, 6) is -0.234. The predicted octanol–water partition coefficient (Wildman–Crippen LogP) is 3.68. The number of hydrogen-bond acceptors (Lipinski definition) is 4. The highest BCUT2D eigenvalue weighted by Gasteiger charge is 2.42. The number of ether oxygens (including phenoxy) is 2. The van der Waals surface area contributed by atoms with E-state index in [0.717, 1.165) is 12.0 Å². The second kappa shape index (κ2) is 7.43. The molecule has 24 heavy (non-hydrogen) atoms. The van der Waals surface area contributed by atoms with Gasteiger partial charge in [0, 0.05) is 11.6 Å². The van der Waals surface area contributed by atoms with Crippen LogP contribution in [0.4, 0.5) is 4.79 Å². The lowest BCUT2D eigenvalue weighted by Crippen LogP contribution is -2.43. The first-order valence-corrected chi connectivity index (χ1v) is 8.39. The Morgan fingerprint density at radius 3 is 2.42 bits per heavy atom. The van der Waals surface area contributed by atoms with E-state index in [1.165, 1.54) is 12.0 Å². The molecule has 1 aromatic carbocycles. The second-order valence-electron chi connectivity index (χ2n) is 7.10. The molecular formula is C18H24ClNO4. The fraction of sp³-hybridized carbons (Fsp3) is 0.556. The third kappa shape index (κ3) is 4.87. The molecule has 1 saturated heterocycles. The Morgan fingerprint density at radius 1 is 1.25 bits per heavy atom.